The summed E-state index contributed by atoms with van der Waals surface area (Å²) in [7, 11) is 0. The molecule has 3 aliphatic rings. The van der Waals surface area contributed by atoms with Gasteiger partial charge in [0, 0.05) is 50.1 Å². The highest BCUT2D eigenvalue weighted by atomic mass is 16.2. The normalized spacial score (nSPS) is 22.2. The Bertz CT molecular complexity index is 876. The molecule has 0 aromatic carbocycles. The first kappa shape index (κ1) is 17.5. The van der Waals surface area contributed by atoms with Gasteiger partial charge in [-0.15, -0.1) is 0 Å². The predicted octanol–water partition coefficient (Wildman–Crippen LogP) is 1.48. The molecule has 2 aromatic heterocycles. The molecule has 1 spiro atoms. The van der Waals surface area contributed by atoms with Crippen LogP contribution in [0.1, 0.15) is 50.0 Å². The number of nitrogens with zero attached hydrogens (tertiary/aromatic N) is 5. The molecule has 1 N–H and O–H groups in total. The van der Waals surface area contributed by atoms with Crippen LogP contribution in [0.25, 0.3) is 0 Å². The van der Waals surface area contributed by atoms with E-state index in [2.05, 4.69) is 19.9 Å². The van der Waals surface area contributed by atoms with E-state index in [-0.39, 0.29) is 29.3 Å². The number of nitrogens with one attached hydrogen (secondary N) is 1. The molecule has 1 atom stereocenters. The first-order valence-electron chi connectivity index (χ1n) is 10.2. The number of aromatic nitrogens is 4. The maximum atomic E-state index is 13.0. The molecule has 1 aliphatic carbocycles. The van der Waals surface area contributed by atoms with Crippen molar-refractivity contribution in [3.63, 3.8) is 0 Å². The fraction of sp³-hybridized carbons (Fsp3) is 0.600. The number of amides is 2. The molecule has 8 nitrogen and oxygen atoms in total. The summed E-state index contributed by atoms with van der Waals surface area (Å²) in [6, 6.07) is -0.270. The molecular weight excluding hydrogens is 356 g/mol. The average Bonchev–Trinajstić information content (AvgIpc) is 3.20. The number of hydrogen-bond acceptors (Lipinski definition) is 4. The number of piperidine rings is 1. The zero-order chi connectivity index (χ0) is 19.3. The van der Waals surface area contributed by atoms with E-state index in [1.54, 1.807) is 18.9 Å². The maximum Gasteiger partial charge on any atom is 0.245 e. The van der Waals surface area contributed by atoms with Gasteiger partial charge in [0.05, 0.1) is 23.9 Å². The number of fused-ring (bicyclic) bond motifs is 2. The van der Waals surface area contributed by atoms with Gasteiger partial charge in [0.2, 0.25) is 11.8 Å². The minimum atomic E-state index is -0.373. The summed E-state index contributed by atoms with van der Waals surface area (Å²) < 4.78 is 1.84. The Morgan fingerprint density at radius 2 is 2.04 bits per heavy atom. The molecule has 0 radical (unpaired) electrons. The Labute approximate surface area is 163 Å². The van der Waals surface area contributed by atoms with Crippen LogP contribution in [-0.2, 0) is 21.5 Å². The largest absolute Gasteiger partial charge is 0.348 e. The van der Waals surface area contributed by atoms with Crippen molar-refractivity contribution >= 4 is 11.8 Å². The minimum absolute atomic E-state index is 0.103. The van der Waals surface area contributed by atoms with E-state index >= 15 is 0 Å². The van der Waals surface area contributed by atoms with Gasteiger partial charge >= 0.3 is 0 Å². The van der Waals surface area contributed by atoms with Crippen LogP contribution in [0.15, 0.2) is 25.0 Å². The van der Waals surface area contributed by atoms with Gasteiger partial charge in [-0.05, 0) is 32.6 Å². The summed E-state index contributed by atoms with van der Waals surface area (Å²) in [6.07, 6.45) is 11.3. The molecule has 0 bridgehead atoms. The van der Waals surface area contributed by atoms with Gasteiger partial charge in [-0.3, -0.25) is 9.59 Å². The Morgan fingerprint density at radius 3 is 2.71 bits per heavy atom. The van der Waals surface area contributed by atoms with Gasteiger partial charge < -0.3 is 19.4 Å². The lowest BCUT2D eigenvalue weighted by molar-refractivity contribution is -0.146. The van der Waals surface area contributed by atoms with E-state index in [0.717, 1.165) is 50.0 Å². The fourth-order valence-electron chi connectivity index (χ4n) is 4.84. The van der Waals surface area contributed by atoms with Gasteiger partial charge in [-0.1, -0.05) is 0 Å². The number of rotatable bonds is 3. The number of H-pyrrole nitrogens is 1. The Morgan fingerprint density at radius 1 is 1.25 bits per heavy atom. The van der Waals surface area contributed by atoms with Crippen molar-refractivity contribution in [3.05, 3.63) is 36.4 Å². The lowest BCUT2D eigenvalue weighted by Crippen LogP contribution is -2.59. The van der Waals surface area contributed by atoms with Crippen LogP contribution >= 0.6 is 0 Å². The van der Waals surface area contributed by atoms with E-state index in [1.807, 2.05) is 22.6 Å². The number of imidazole rings is 2. The van der Waals surface area contributed by atoms with Crippen LogP contribution < -0.4 is 0 Å². The smallest absolute Gasteiger partial charge is 0.245 e. The second-order valence-electron chi connectivity index (χ2n) is 8.29. The average molecular weight is 382 g/mol. The van der Waals surface area contributed by atoms with Gasteiger partial charge in [-0.25, -0.2) is 9.97 Å². The van der Waals surface area contributed by atoms with Gasteiger partial charge in [0.25, 0.3) is 0 Å². The predicted molar refractivity (Wildman–Crippen MR) is 101 cm³/mol. The lowest BCUT2D eigenvalue weighted by atomic mass is 9.78. The number of hydrogen-bond donors (Lipinski definition) is 1. The Kier molecular flexibility index (Phi) is 4.03. The molecular formula is C20H26N6O2. The van der Waals surface area contributed by atoms with Crippen LogP contribution in [0.5, 0.6) is 0 Å². The topological polar surface area (TPSA) is 87.1 Å². The molecule has 2 fully saturated rings. The molecule has 148 valence electrons. The summed E-state index contributed by atoms with van der Waals surface area (Å²) >= 11 is 0. The SMILES string of the molecule is CC(C(=O)N1CCC2(CC1)c1nc[nH]c1CCN2C(=O)C1CC1)n1ccnc1. The van der Waals surface area contributed by atoms with Crippen molar-refractivity contribution in [2.24, 2.45) is 5.92 Å². The molecule has 2 aliphatic heterocycles. The zero-order valence-corrected chi connectivity index (χ0v) is 16.2. The summed E-state index contributed by atoms with van der Waals surface area (Å²) in [5.41, 5.74) is 1.79. The van der Waals surface area contributed by atoms with E-state index in [9.17, 15) is 9.59 Å². The van der Waals surface area contributed by atoms with E-state index in [0.29, 0.717) is 13.1 Å². The van der Waals surface area contributed by atoms with Crippen molar-refractivity contribution < 1.29 is 9.59 Å². The number of carbonyl (C=O) groups excluding carboxylic acids is 2. The standard InChI is InChI=1S/C20H26N6O2/c1-14(25-11-7-21-13-25)18(27)24-9-5-20(6-10-24)17-16(22-12-23-17)4-8-26(20)19(28)15-2-3-15/h7,11-15H,2-6,8-10H2,1H3,(H,22,23). The highest BCUT2D eigenvalue weighted by Gasteiger charge is 2.51. The quantitative estimate of drug-likeness (QED) is 0.871. The Hall–Kier alpha value is -2.64. The molecule has 5 rings (SSSR count). The summed E-state index contributed by atoms with van der Waals surface area (Å²) in [6.45, 7) is 3.92. The first-order chi connectivity index (χ1) is 13.6. The number of carbonyl (C=O) groups is 2. The third-order valence-corrected chi connectivity index (χ3v) is 6.69. The van der Waals surface area contributed by atoms with Gasteiger partial charge in [0.1, 0.15) is 6.04 Å². The lowest BCUT2D eigenvalue weighted by Gasteiger charge is -2.50. The summed E-state index contributed by atoms with van der Waals surface area (Å²) in [4.78, 5) is 42.0. The monoisotopic (exact) mass is 382 g/mol. The molecule has 2 amide bonds. The van der Waals surface area contributed by atoms with Gasteiger partial charge in [0.15, 0.2) is 0 Å². The maximum absolute atomic E-state index is 13.0. The zero-order valence-electron chi connectivity index (χ0n) is 16.2. The molecule has 28 heavy (non-hydrogen) atoms. The summed E-state index contributed by atoms with van der Waals surface area (Å²) in [5.74, 6) is 0.574. The Balaban J connectivity index is 1.38. The van der Waals surface area contributed by atoms with Crippen LogP contribution in [0.4, 0.5) is 0 Å². The molecule has 8 heteroatoms. The fourth-order valence-corrected chi connectivity index (χ4v) is 4.84. The van der Waals surface area contributed by atoms with Crippen molar-refractivity contribution in [2.75, 3.05) is 19.6 Å². The molecule has 1 saturated carbocycles. The van der Waals surface area contributed by atoms with Crippen LogP contribution in [0.2, 0.25) is 0 Å². The molecule has 4 heterocycles. The highest BCUT2D eigenvalue weighted by Crippen LogP contribution is 2.45. The molecule has 1 saturated heterocycles. The van der Waals surface area contributed by atoms with Crippen molar-refractivity contribution in [3.8, 4) is 0 Å². The summed E-state index contributed by atoms with van der Waals surface area (Å²) in [5, 5.41) is 0. The number of likely N-dealkylation sites (tertiary alicyclic amines) is 1. The van der Waals surface area contributed by atoms with E-state index in [4.69, 9.17) is 0 Å². The number of aromatic amines is 1. The van der Waals surface area contributed by atoms with Crippen molar-refractivity contribution in [2.45, 2.75) is 50.6 Å². The second kappa shape index (κ2) is 6.46. The molecule has 2 aromatic rings. The third kappa shape index (κ3) is 2.65. The van der Waals surface area contributed by atoms with Crippen molar-refractivity contribution in [1.29, 1.82) is 0 Å². The van der Waals surface area contributed by atoms with E-state index in [1.165, 1.54) is 0 Å². The van der Waals surface area contributed by atoms with Gasteiger partial charge in [-0.2, -0.15) is 0 Å². The third-order valence-electron chi connectivity index (χ3n) is 6.69. The van der Waals surface area contributed by atoms with Crippen LogP contribution in [0.3, 0.4) is 0 Å². The van der Waals surface area contributed by atoms with E-state index < -0.39 is 0 Å². The van der Waals surface area contributed by atoms with Crippen LogP contribution in [0, 0.1) is 5.92 Å². The second-order valence-corrected chi connectivity index (χ2v) is 8.29. The minimum Gasteiger partial charge on any atom is -0.348 e. The highest BCUT2D eigenvalue weighted by molar-refractivity contribution is 5.83. The van der Waals surface area contributed by atoms with Crippen LogP contribution in [-0.4, -0.2) is 60.8 Å². The van der Waals surface area contributed by atoms with Crippen molar-refractivity contribution in [1.82, 2.24) is 29.3 Å². The first-order valence-corrected chi connectivity index (χ1v) is 10.2. The molecule has 1 unspecified atom stereocenters.